The Labute approximate surface area is 89.2 Å². The van der Waals surface area contributed by atoms with Gasteiger partial charge in [0.15, 0.2) is 0 Å². The highest BCUT2D eigenvalue weighted by Crippen LogP contribution is 2.45. The summed E-state index contributed by atoms with van der Waals surface area (Å²) in [6, 6.07) is -0.310. The van der Waals surface area contributed by atoms with Crippen LogP contribution in [0.3, 0.4) is 0 Å². The summed E-state index contributed by atoms with van der Waals surface area (Å²) in [5, 5.41) is 14.2. The van der Waals surface area contributed by atoms with E-state index in [1.807, 2.05) is 20.8 Å². The van der Waals surface area contributed by atoms with E-state index in [1.165, 1.54) is 0 Å². The summed E-state index contributed by atoms with van der Waals surface area (Å²) in [5.74, 6) is -0.821. The first-order chi connectivity index (χ1) is 6.75. The van der Waals surface area contributed by atoms with Crippen LogP contribution in [-0.2, 0) is 4.79 Å². The van der Waals surface area contributed by atoms with Crippen molar-refractivity contribution in [1.29, 1.82) is 0 Å². The maximum absolute atomic E-state index is 11.3. The second-order valence-electron chi connectivity index (χ2n) is 5.14. The second-order valence-corrected chi connectivity index (χ2v) is 5.14. The third kappa shape index (κ3) is 3.42. The third-order valence-corrected chi connectivity index (χ3v) is 2.38. The minimum Gasteiger partial charge on any atom is -0.481 e. The standard InChI is InChI=1S/C10H18N2O3/c1-9(2,3)12-8(15)11-6-10(4-5-10)7(13)14/h4-6H2,1-3H3,(H,13,14)(H2,11,12,15). The molecule has 86 valence electrons. The fourth-order valence-electron chi connectivity index (χ4n) is 1.25. The number of amides is 2. The van der Waals surface area contributed by atoms with Gasteiger partial charge in [-0.2, -0.15) is 0 Å². The van der Waals surface area contributed by atoms with Crippen molar-refractivity contribution in [2.75, 3.05) is 6.54 Å². The Morgan fingerprint density at radius 1 is 1.33 bits per heavy atom. The molecule has 0 unspecified atom stereocenters. The van der Waals surface area contributed by atoms with Crippen LogP contribution in [0.1, 0.15) is 33.6 Å². The van der Waals surface area contributed by atoms with Gasteiger partial charge in [0.05, 0.1) is 5.41 Å². The highest BCUT2D eigenvalue weighted by Gasteiger charge is 2.50. The van der Waals surface area contributed by atoms with Crippen molar-refractivity contribution in [3.63, 3.8) is 0 Å². The molecule has 5 heteroatoms. The predicted octanol–water partition coefficient (Wildman–Crippen LogP) is 0.949. The van der Waals surface area contributed by atoms with Crippen molar-refractivity contribution in [3.8, 4) is 0 Å². The lowest BCUT2D eigenvalue weighted by molar-refractivity contribution is -0.143. The molecule has 1 rings (SSSR count). The molecule has 1 aliphatic carbocycles. The SMILES string of the molecule is CC(C)(C)NC(=O)NCC1(C(=O)O)CC1. The van der Waals surface area contributed by atoms with E-state index in [-0.39, 0.29) is 18.1 Å². The summed E-state index contributed by atoms with van der Waals surface area (Å²) >= 11 is 0. The van der Waals surface area contributed by atoms with Crippen molar-refractivity contribution < 1.29 is 14.7 Å². The van der Waals surface area contributed by atoms with Gasteiger partial charge in [-0.15, -0.1) is 0 Å². The van der Waals surface area contributed by atoms with E-state index in [4.69, 9.17) is 5.11 Å². The van der Waals surface area contributed by atoms with E-state index in [9.17, 15) is 9.59 Å². The zero-order valence-corrected chi connectivity index (χ0v) is 9.39. The summed E-state index contributed by atoms with van der Waals surface area (Å²) < 4.78 is 0. The number of hydrogen-bond acceptors (Lipinski definition) is 2. The fourth-order valence-corrected chi connectivity index (χ4v) is 1.25. The number of aliphatic carboxylic acids is 1. The normalized spacial score (nSPS) is 18.1. The number of carbonyl (C=O) groups is 2. The molecular formula is C10H18N2O3. The minimum absolute atomic E-state index is 0.213. The number of carbonyl (C=O) groups excluding carboxylic acids is 1. The van der Waals surface area contributed by atoms with Gasteiger partial charge in [0.1, 0.15) is 0 Å². The molecule has 0 aromatic carbocycles. The number of carboxylic acids is 1. The largest absolute Gasteiger partial charge is 0.481 e. The molecule has 15 heavy (non-hydrogen) atoms. The van der Waals surface area contributed by atoms with Gasteiger partial charge >= 0.3 is 12.0 Å². The number of urea groups is 1. The van der Waals surface area contributed by atoms with Gasteiger partial charge < -0.3 is 15.7 Å². The minimum atomic E-state index is -0.821. The Bertz CT molecular complexity index is 277. The first-order valence-electron chi connectivity index (χ1n) is 5.05. The van der Waals surface area contributed by atoms with Gasteiger partial charge in [-0.25, -0.2) is 4.79 Å². The van der Waals surface area contributed by atoms with Crippen LogP contribution in [-0.4, -0.2) is 29.2 Å². The summed E-state index contributed by atoms with van der Waals surface area (Å²) in [6.45, 7) is 5.83. The topological polar surface area (TPSA) is 78.4 Å². The van der Waals surface area contributed by atoms with Gasteiger partial charge in [-0.05, 0) is 33.6 Å². The van der Waals surface area contributed by atoms with Crippen molar-refractivity contribution in [1.82, 2.24) is 10.6 Å². The molecule has 3 N–H and O–H groups in total. The summed E-state index contributed by atoms with van der Waals surface area (Å²) in [7, 11) is 0. The molecule has 0 atom stereocenters. The van der Waals surface area contributed by atoms with E-state index in [0.717, 1.165) is 0 Å². The van der Waals surface area contributed by atoms with Crippen LogP contribution in [0.2, 0.25) is 0 Å². The smallest absolute Gasteiger partial charge is 0.315 e. The number of nitrogens with one attached hydrogen (secondary N) is 2. The number of hydrogen-bond donors (Lipinski definition) is 3. The van der Waals surface area contributed by atoms with Crippen LogP contribution in [0.5, 0.6) is 0 Å². The van der Waals surface area contributed by atoms with Crippen molar-refractivity contribution >= 4 is 12.0 Å². The van der Waals surface area contributed by atoms with Gasteiger partial charge in [0.25, 0.3) is 0 Å². The molecule has 0 aromatic heterocycles. The summed E-state index contributed by atoms with van der Waals surface area (Å²) in [6.07, 6.45) is 1.30. The van der Waals surface area contributed by atoms with Crippen molar-refractivity contribution in [3.05, 3.63) is 0 Å². The molecule has 0 bridgehead atoms. The Kier molecular flexibility index (Phi) is 2.93. The van der Waals surface area contributed by atoms with Crippen LogP contribution in [0.15, 0.2) is 0 Å². The molecule has 0 radical (unpaired) electrons. The van der Waals surface area contributed by atoms with Gasteiger partial charge in [-0.1, -0.05) is 0 Å². The van der Waals surface area contributed by atoms with Crippen LogP contribution < -0.4 is 10.6 Å². The molecule has 1 saturated carbocycles. The van der Waals surface area contributed by atoms with E-state index in [1.54, 1.807) is 0 Å². The maximum atomic E-state index is 11.3. The Balaban J connectivity index is 2.32. The lowest BCUT2D eigenvalue weighted by atomic mass is 10.1. The molecule has 2 amide bonds. The average Bonchev–Trinajstić information content (AvgIpc) is 2.77. The highest BCUT2D eigenvalue weighted by molar-refractivity contribution is 5.80. The Morgan fingerprint density at radius 2 is 1.87 bits per heavy atom. The zero-order chi connectivity index (χ0) is 11.7. The van der Waals surface area contributed by atoms with Crippen molar-refractivity contribution in [2.45, 2.75) is 39.2 Å². The molecular weight excluding hydrogens is 196 g/mol. The van der Waals surface area contributed by atoms with Crippen LogP contribution in [0.25, 0.3) is 0 Å². The van der Waals surface area contributed by atoms with Gasteiger partial charge in [-0.3, -0.25) is 4.79 Å². The lowest BCUT2D eigenvalue weighted by Crippen LogP contribution is -2.48. The number of carboxylic acid groups (broad SMARTS) is 1. The molecule has 0 heterocycles. The first kappa shape index (κ1) is 11.8. The first-order valence-corrected chi connectivity index (χ1v) is 5.05. The van der Waals surface area contributed by atoms with E-state index in [2.05, 4.69) is 10.6 Å². The van der Waals surface area contributed by atoms with Gasteiger partial charge in [0, 0.05) is 12.1 Å². The second kappa shape index (κ2) is 3.72. The molecule has 5 nitrogen and oxygen atoms in total. The highest BCUT2D eigenvalue weighted by atomic mass is 16.4. The lowest BCUT2D eigenvalue weighted by Gasteiger charge is -2.21. The fraction of sp³-hybridized carbons (Fsp3) is 0.800. The van der Waals surface area contributed by atoms with Crippen LogP contribution in [0, 0.1) is 5.41 Å². The van der Waals surface area contributed by atoms with Gasteiger partial charge in [0.2, 0.25) is 0 Å². The Morgan fingerprint density at radius 3 is 2.20 bits per heavy atom. The summed E-state index contributed by atoms with van der Waals surface area (Å²) in [4.78, 5) is 22.2. The molecule has 0 aromatic rings. The van der Waals surface area contributed by atoms with Crippen LogP contribution in [0.4, 0.5) is 4.79 Å². The average molecular weight is 214 g/mol. The monoisotopic (exact) mass is 214 g/mol. The van der Waals surface area contributed by atoms with E-state index < -0.39 is 11.4 Å². The molecule has 0 saturated heterocycles. The summed E-state index contributed by atoms with van der Waals surface area (Å²) in [5.41, 5.74) is -1.00. The Hall–Kier alpha value is -1.26. The molecule has 1 aliphatic rings. The van der Waals surface area contributed by atoms with Crippen LogP contribution >= 0.6 is 0 Å². The molecule has 0 spiro atoms. The maximum Gasteiger partial charge on any atom is 0.315 e. The molecule has 0 aliphatic heterocycles. The predicted molar refractivity (Wildman–Crippen MR) is 55.6 cm³/mol. The van der Waals surface area contributed by atoms with E-state index in [0.29, 0.717) is 12.8 Å². The quantitative estimate of drug-likeness (QED) is 0.654. The third-order valence-electron chi connectivity index (χ3n) is 2.38. The number of rotatable bonds is 3. The van der Waals surface area contributed by atoms with E-state index >= 15 is 0 Å². The molecule has 1 fully saturated rings. The van der Waals surface area contributed by atoms with Crippen molar-refractivity contribution in [2.24, 2.45) is 5.41 Å². The zero-order valence-electron chi connectivity index (χ0n) is 9.39.